The van der Waals surface area contributed by atoms with E-state index < -0.39 is 6.10 Å². The fraction of sp³-hybridized carbons (Fsp3) is 0.677. The van der Waals surface area contributed by atoms with E-state index in [4.69, 9.17) is 14.2 Å². The molecule has 0 saturated heterocycles. The summed E-state index contributed by atoms with van der Waals surface area (Å²) < 4.78 is 16.8. The number of unbranched alkanes of at least 4 members (excludes halogenated alkanes) is 23. The molecule has 0 heterocycles. The fourth-order valence-electron chi connectivity index (χ4n) is 7.89. The molecule has 6 nitrogen and oxygen atoms in total. The number of hydrogen-bond donors (Lipinski definition) is 0. The first-order valence-electron chi connectivity index (χ1n) is 29.4. The highest BCUT2D eigenvalue weighted by molar-refractivity contribution is 5.71. The molecule has 0 aliphatic rings. The molecule has 0 aliphatic heterocycles. The van der Waals surface area contributed by atoms with Gasteiger partial charge >= 0.3 is 17.9 Å². The second-order valence-corrected chi connectivity index (χ2v) is 19.1. The molecule has 0 spiro atoms. The molecule has 0 aliphatic carbocycles. The number of allylic oxidation sites excluding steroid dienone is 18. The lowest BCUT2D eigenvalue weighted by Gasteiger charge is -2.18. The summed E-state index contributed by atoms with van der Waals surface area (Å²) >= 11 is 0. The van der Waals surface area contributed by atoms with Crippen molar-refractivity contribution in [3.05, 3.63) is 109 Å². The standard InChI is InChI=1S/C65H108O6/c1-4-7-10-13-16-19-22-25-28-31-33-35-37-40-43-46-49-52-55-58-64(67)70-61-62(60-69-63(66)57-54-51-48-45-42-39-36-30-27-24-21-18-15-12-9-6-3)71-65(68)59-56-53-50-47-44-41-38-34-32-29-26-23-20-17-14-11-8-5-2/h7,9-10,12,16,18-19,21,25,27-28,30,33-35,38-39,42,62H,4-6,8,11,13-15,17,20,22-24,26,29,31-32,36-37,40-41,43-61H2,1-3H3/b10-7-,12-9-,19-16-,21-18-,28-25-,30-27-,35-33-,38-34-,42-39-. The van der Waals surface area contributed by atoms with Crippen LogP contribution in [-0.2, 0) is 28.6 Å². The first-order chi connectivity index (χ1) is 35.0. The minimum absolute atomic E-state index is 0.101. The minimum Gasteiger partial charge on any atom is -0.462 e. The van der Waals surface area contributed by atoms with E-state index in [0.29, 0.717) is 19.3 Å². The van der Waals surface area contributed by atoms with Gasteiger partial charge in [-0.2, -0.15) is 0 Å². The van der Waals surface area contributed by atoms with E-state index in [1.54, 1.807) is 0 Å². The zero-order valence-electron chi connectivity index (χ0n) is 46.2. The Morgan fingerprint density at radius 3 is 0.887 bits per heavy atom. The monoisotopic (exact) mass is 985 g/mol. The van der Waals surface area contributed by atoms with Crippen LogP contribution in [0.2, 0.25) is 0 Å². The molecule has 0 bridgehead atoms. The molecule has 0 aromatic heterocycles. The molecule has 1 unspecified atom stereocenters. The van der Waals surface area contributed by atoms with Gasteiger partial charge in [-0.05, 0) is 122 Å². The van der Waals surface area contributed by atoms with E-state index in [9.17, 15) is 14.4 Å². The van der Waals surface area contributed by atoms with E-state index in [2.05, 4.69) is 130 Å². The van der Waals surface area contributed by atoms with Gasteiger partial charge in [0.25, 0.3) is 0 Å². The van der Waals surface area contributed by atoms with Crippen molar-refractivity contribution in [1.82, 2.24) is 0 Å². The second-order valence-electron chi connectivity index (χ2n) is 19.1. The van der Waals surface area contributed by atoms with Crippen LogP contribution in [0, 0.1) is 0 Å². The van der Waals surface area contributed by atoms with Crippen LogP contribution in [0.5, 0.6) is 0 Å². The van der Waals surface area contributed by atoms with Crippen LogP contribution in [0.3, 0.4) is 0 Å². The van der Waals surface area contributed by atoms with Gasteiger partial charge < -0.3 is 14.2 Å². The number of rotatable bonds is 52. The van der Waals surface area contributed by atoms with Gasteiger partial charge in [-0.3, -0.25) is 14.4 Å². The van der Waals surface area contributed by atoms with E-state index in [1.165, 1.54) is 83.5 Å². The van der Waals surface area contributed by atoms with Crippen LogP contribution < -0.4 is 0 Å². The molecule has 0 N–H and O–H groups in total. The summed E-state index contributed by atoms with van der Waals surface area (Å²) in [6.07, 6.45) is 79.3. The van der Waals surface area contributed by atoms with Gasteiger partial charge in [0.1, 0.15) is 13.2 Å². The summed E-state index contributed by atoms with van der Waals surface area (Å²) in [5.74, 6) is -0.951. The zero-order valence-corrected chi connectivity index (χ0v) is 46.2. The minimum atomic E-state index is -0.805. The Bertz CT molecular complexity index is 1460. The molecule has 0 rings (SSSR count). The van der Waals surface area contributed by atoms with Gasteiger partial charge in [0.15, 0.2) is 6.10 Å². The highest BCUT2D eigenvalue weighted by atomic mass is 16.6. The molecule has 0 radical (unpaired) electrons. The van der Waals surface area contributed by atoms with Crippen molar-refractivity contribution >= 4 is 17.9 Å². The van der Waals surface area contributed by atoms with Crippen LogP contribution >= 0.6 is 0 Å². The van der Waals surface area contributed by atoms with Crippen LogP contribution in [0.25, 0.3) is 0 Å². The van der Waals surface area contributed by atoms with Crippen LogP contribution in [0.1, 0.15) is 265 Å². The molecular formula is C65H108O6. The Kier molecular flexibility index (Phi) is 55.4. The van der Waals surface area contributed by atoms with Crippen molar-refractivity contribution in [3.63, 3.8) is 0 Å². The molecule has 0 aromatic rings. The normalized spacial score (nSPS) is 12.9. The Morgan fingerprint density at radius 2 is 0.549 bits per heavy atom. The summed E-state index contributed by atoms with van der Waals surface area (Å²) in [5, 5.41) is 0. The van der Waals surface area contributed by atoms with Gasteiger partial charge in [-0.15, -0.1) is 0 Å². The van der Waals surface area contributed by atoms with Crippen LogP contribution in [0.15, 0.2) is 109 Å². The third kappa shape index (κ3) is 56.9. The maximum Gasteiger partial charge on any atom is 0.306 e. The maximum atomic E-state index is 12.9. The Morgan fingerprint density at radius 1 is 0.296 bits per heavy atom. The van der Waals surface area contributed by atoms with Crippen molar-refractivity contribution in [3.8, 4) is 0 Å². The maximum absolute atomic E-state index is 12.9. The van der Waals surface area contributed by atoms with Crippen LogP contribution in [-0.4, -0.2) is 37.2 Å². The highest BCUT2D eigenvalue weighted by Crippen LogP contribution is 2.14. The lowest BCUT2D eigenvalue weighted by Crippen LogP contribution is -2.30. The summed E-state index contributed by atoms with van der Waals surface area (Å²) in [7, 11) is 0. The molecule has 404 valence electrons. The molecule has 1 atom stereocenters. The van der Waals surface area contributed by atoms with E-state index in [-0.39, 0.29) is 31.1 Å². The molecule has 0 amide bonds. The van der Waals surface area contributed by atoms with E-state index in [0.717, 1.165) is 141 Å². The fourth-order valence-corrected chi connectivity index (χ4v) is 7.89. The topological polar surface area (TPSA) is 78.9 Å². The summed E-state index contributed by atoms with van der Waals surface area (Å²) in [6, 6.07) is 0. The number of carbonyl (C=O) groups excluding carboxylic acids is 3. The van der Waals surface area contributed by atoms with Crippen molar-refractivity contribution in [1.29, 1.82) is 0 Å². The molecule has 0 aromatic carbocycles. The van der Waals surface area contributed by atoms with Crippen LogP contribution in [0.4, 0.5) is 0 Å². The molecule has 71 heavy (non-hydrogen) atoms. The molecule has 0 fully saturated rings. The van der Waals surface area contributed by atoms with Crippen molar-refractivity contribution in [2.45, 2.75) is 271 Å². The van der Waals surface area contributed by atoms with Crippen molar-refractivity contribution in [2.75, 3.05) is 13.2 Å². The van der Waals surface area contributed by atoms with Crippen molar-refractivity contribution in [2.24, 2.45) is 0 Å². The number of carbonyl (C=O) groups is 3. The Labute approximate surface area is 438 Å². The average Bonchev–Trinajstić information content (AvgIpc) is 3.37. The van der Waals surface area contributed by atoms with Gasteiger partial charge in [0.2, 0.25) is 0 Å². The lowest BCUT2D eigenvalue weighted by molar-refractivity contribution is -0.167. The summed E-state index contributed by atoms with van der Waals surface area (Å²) in [4.78, 5) is 38.2. The quantitative estimate of drug-likeness (QED) is 0.0261. The predicted octanol–water partition coefficient (Wildman–Crippen LogP) is 19.9. The highest BCUT2D eigenvalue weighted by Gasteiger charge is 2.19. The van der Waals surface area contributed by atoms with Gasteiger partial charge in [-0.25, -0.2) is 0 Å². The Hall–Kier alpha value is -3.93. The lowest BCUT2D eigenvalue weighted by atomic mass is 10.1. The zero-order chi connectivity index (χ0) is 51.4. The first-order valence-corrected chi connectivity index (χ1v) is 29.4. The number of hydrogen-bond acceptors (Lipinski definition) is 6. The second kappa shape index (κ2) is 58.6. The summed E-state index contributed by atoms with van der Waals surface area (Å²) in [5.41, 5.74) is 0. The average molecular weight is 986 g/mol. The molecular weight excluding hydrogens is 877 g/mol. The van der Waals surface area contributed by atoms with Gasteiger partial charge in [0.05, 0.1) is 0 Å². The Balaban J connectivity index is 4.48. The van der Waals surface area contributed by atoms with E-state index >= 15 is 0 Å². The number of ether oxygens (including phenoxy) is 3. The largest absolute Gasteiger partial charge is 0.462 e. The molecule has 6 heteroatoms. The van der Waals surface area contributed by atoms with Gasteiger partial charge in [0, 0.05) is 19.3 Å². The first kappa shape index (κ1) is 67.1. The van der Waals surface area contributed by atoms with Crippen molar-refractivity contribution < 1.29 is 28.6 Å². The predicted molar refractivity (Wildman–Crippen MR) is 307 cm³/mol. The van der Waals surface area contributed by atoms with Gasteiger partial charge in [-0.1, -0.05) is 233 Å². The van der Waals surface area contributed by atoms with E-state index in [1.807, 2.05) is 0 Å². The third-order valence-corrected chi connectivity index (χ3v) is 12.2. The summed E-state index contributed by atoms with van der Waals surface area (Å²) in [6.45, 7) is 6.38. The smallest absolute Gasteiger partial charge is 0.306 e. The SMILES string of the molecule is CC/C=C\C/C=C\C/C=C\C/C=C\CCCCCCCCC(=O)OCC(COC(=O)CCCCC/C=C\C/C=C\C/C=C\C/C=C\CC)OC(=O)CCCCCCC/C=C\CCCCCCCCCCC. The third-order valence-electron chi connectivity index (χ3n) is 12.2. The molecule has 0 saturated carbocycles. The number of esters is 3.